The molecule has 2 aromatic rings. The summed E-state index contributed by atoms with van der Waals surface area (Å²) < 4.78 is 0. The van der Waals surface area contributed by atoms with E-state index in [-0.39, 0.29) is 18.4 Å². The van der Waals surface area contributed by atoms with E-state index in [9.17, 15) is 14.4 Å². The van der Waals surface area contributed by atoms with Crippen LogP contribution in [0.4, 0.5) is 10.3 Å². The van der Waals surface area contributed by atoms with Crippen LogP contribution in [0.15, 0.2) is 10.8 Å². The molecule has 0 atom stereocenters. The van der Waals surface area contributed by atoms with Crippen LogP contribution in [0.5, 0.6) is 0 Å². The standard InChI is InChI=1S/C7H8N2O2S.C6H8N2O2S/c1-5(11)8-7-9-6(2-3-10)4-12-7;1-4(10)7-6-8-5(2-9)3-11-6/h3-4H,2H2,1H3,(H,8,9,11);3,9H,2H2,1H3,(H,7,8,10). The van der Waals surface area contributed by atoms with E-state index in [2.05, 4.69) is 20.6 Å². The van der Waals surface area contributed by atoms with Crippen LogP contribution in [0.25, 0.3) is 0 Å². The van der Waals surface area contributed by atoms with E-state index in [0.29, 0.717) is 28.1 Å². The van der Waals surface area contributed by atoms with Crippen molar-refractivity contribution < 1.29 is 19.5 Å². The van der Waals surface area contributed by atoms with Crippen LogP contribution < -0.4 is 10.6 Å². The highest BCUT2D eigenvalue weighted by molar-refractivity contribution is 7.14. The maximum Gasteiger partial charge on any atom is 0.223 e. The molecule has 2 rings (SSSR count). The van der Waals surface area contributed by atoms with Crippen molar-refractivity contribution in [1.82, 2.24) is 9.97 Å². The molecule has 23 heavy (non-hydrogen) atoms. The predicted molar refractivity (Wildman–Crippen MR) is 88.5 cm³/mol. The second kappa shape index (κ2) is 9.77. The van der Waals surface area contributed by atoms with Gasteiger partial charge in [-0.1, -0.05) is 0 Å². The fraction of sp³-hybridized carbons (Fsp3) is 0.308. The van der Waals surface area contributed by atoms with Crippen LogP contribution in [0.3, 0.4) is 0 Å². The van der Waals surface area contributed by atoms with Crippen LogP contribution in [0, 0.1) is 0 Å². The first-order chi connectivity index (χ1) is 10.9. The molecule has 0 saturated heterocycles. The molecule has 0 aliphatic heterocycles. The van der Waals surface area contributed by atoms with Crippen LogP contribution in [-0.4, -0.2) is 33.2 Å². The molecule has 2 amide bonds. The van der Waals surface area contributed by atoms with Crippen LogP contribution in [0.2, 0.25) is 0 Å². The maximum absolute atomic E-state index is 10.6. The van der Waals surface area contributed by atoms with Crippen molar-refractivity contribution in [2.24, 2.45) is 0 Å². The zero-order chi connectivity index (χ0) is 17.2. The Morgan fingerprint density at radius 2 is 1.57 bits per heavy atom. The quantitative estimate of drug-likeness (QED) is 0.697. The highest BCUT2D eigenvalue weighted by Gasteiger charge is 2.02. The molecule has 0 fully saturated rings. The summed E-state index contributed by atoms with van der Waals surface area (Å²) in [6.07, 6.45) is 1.09. The lowest BCUT2D eigenvalue weighted by molar-refractivity contribution is -0.115. The molecular weight excluding hydrogens is 340 g/mol. The number of carbonyl (C=O) groups is 3. The summed E-state index contributed by atoms with van der Waals surface area (Å²) in [5, 5.41) is 18.2. The van der Waals surface area contributed by atoms with Gasteiger partial charge in [0.15, 0.2) is 10.3 Å². The van der Waals surface area contributed by atoms with Gasteiger partial charge in [0.05, 0.1) is 18.0 Å². The molecule has 124 valence electrons. The SMILES string of the molecule is CC(=O)Nc1nc(CC=O)cs1.CC(=O)Nc1nc(CO)cs1. The van der Waals surface area contributed by atoms with E-state index in [1.165, 1.54) is 36.5 Å². The Balaban J connectivity index is 0.000000231. The van der Waals surface area contributed by atoms with Crippen LogP contribution in [-0.2, 0) is 27.4 Å². The van der Waals surface area contributed by atoms with Gasteiger partial charge >= 0.3 is 0 Å². The van der Waals surface area contributed by atoms with Crippen molar-refractivity contribution in [3.8, 4) is 0 Å². The van der Waals surface area contributed by atoms with E-state index < -0.39 is 0 Å². The van der Waals surface area contributed by atoms with E-state index in [1.54, 1.807) is 10.8 Å². The van der Waals surface area contributed by atoms with Gasteiger partial charge in [0.2, 0.25) is 11.8 Å². The first-order valence-electron chi connectivity index (χ1n) is 6.43. The van der Waals surface area contributed by atoms with Gasteiger partial charge in [-0.15, -0.1) is 22.7 Å². The van der Waals surface area contributed by atoms with Gasteiger partial charge in [0.25, 0.3) is 0 Å². The lowest BCUT2D eigenvalue weighted by Gasteiger charge is -1.92. The molecule has 10 heteroatoms. The van der Waals surface area contributed by atoms with Gasteiger partial charge in [-0.05, 0) is 0 Å². The smallest absolute Gasteiger partial charge is 0.223 e. The van der Waals surface area contributed by atoms with Crippen LogP contribution >= 0.6 is 22.7 Å². The summed E-state index contributed by atoms with van der Waals surface area (Å²) in [4.78, 5) is 39.1. The van der Waals surface area contributed by atoms with Gasteiger partial charge in [-0.3, -0.25) is 9.59 Å². The largest absolute Gasteiger partial charge is 0.390 e. The minimum Gasteiger partial charge on any atom is -0.390 e. The zero-order valence-corrected chi connectivity index (χ0v) is 14.2. The Hall–Kier alpha value is -2.17. The van der Waals surface area contributed by atoms with E-state index in [1.807, 2.05) is 0 Å². The monoisotopic (exact) mass is 356 g/mol. The molecule has 3 N–H and O–H groups in total. The topological polar surface area (TPSA) is 121 Å². The predicted octanol–water partition coefficient (Wildman–Crippen LogP) is 1.44. The number of hydrogen-bond acceptors (Lipinski definition) is 8. The number of carbonyl (C=O) groups excluding carboxylic acids is 3. The van der Waals surface area contributed by atoms with E-state index in [4.69, 9.17) is 5.11 Å². The molecule has 0 spiro atoms. The number of amides is 2. The number of nitrogens with one attached hydrogen (secondary N) is 2. The first-order valence-corrected chi connectivity index (χ1v) is 8.19. The van der Waals surface area contributed by atoms with Crippen molar-refractivity contribution in [2.45, 2.75) is 26.9 Å². The molecule has 0 unspecified atom stereocenters. The fourth-order valence-corrected chi connectivity index (χ4v) is 2.80. The molecule has 0 bridgehead atoms. The summed E-state index contributed by atoms with van der Waals surface area (Å²) in [7, 11) is 0. The van der Waals surface area contributed by atoms with E-state index >= 15 is 0 Å². The second-order valence-corrected chi connectivity index (χ2v) is 5.90. The van der Waals surface area contributed by atoms with Gasteiger partial charge in [-0.25, -0.2) is 9.97 Å². The minimum atomic E-state index is -0.151. The highest BCUT2D eigenvalue weighted by atomic mass is 32.1. The van der Waals surface area contributed by atoms with Crippen molar-refractivity contribution in [2.75, 3.05) is 10.6 Å². The second-order valence-electron chi connectivity index (χ2n) is 4.18. The Kier molecular flexibility index (Phi) is 8.02. The molecule has 0 aromatic carbocycles. The van der Waals surface area contributed by atoms with E-state index in [0.717, 1.165) is 6.29 Å². The number of aliphatic hydroxyl groups excluding tert-OH is 1. The van der Waals surface area contributed by atoms with Crippen molar-refractivity contribution in [3.05, 3.63) is 22.1 Å². The molecule has 2 heterocycles. The van der Waals surface area contributed by atoms with Crippen molar-refractivity contribution in [1.29, 1.82) is 0 Å². The van der Waals surface area contributed by atoms with Crippen molar-refractivity contribution >= 4 is 51.0 Å². The Morgan fingerprint density at radius 1 is 1.09 bits per heavy atom. The normalized spacial score (nSPS) is 9.52. The molecule has 8 nitrogen and oxygen atoms in total. The molecule has 0 aliphatic rings. The third-order valence-corrected chi connectivity index (χ3v) is 3.74. The zero-order valence-electron chi connectivity index (χ0n) is 12.5. The molecule has 0 saturated carbocycles. The number of rotatable bonds is 5. The summed E-state index contributed by atoms with van der Waals surface area (Å²) in [5.74, 6) is -0.300. The summed E-state index contributed by atoms with van der Waals surface area (Å²) in [6.45, 7) is 2.75. The number of aldehydes is 1. The minimum absolute atomic E-state index is 0.0872. The number of hydrogen-bond donors (Lipinski definition) is 3. The van der Waals surface area contributed by atoms with Gasteiger partial charge < -0.3 is 20.5 Å². The number of thiazole rings is 2. The lowest BCUT2D eigenvalue weighted by Crippen LogP contribution is -2.05. The average molecular weight is 356 g/mol. The Labute approximate surface area is 140 Å². The Bertz CT molecular complexity index is 668. The third kappa shape index (κ3) is 7.58. The number of aromatic nitrogens is 2. The molecule has 2 aromatic heterocycles. The fourth-order valence-electron chi connectivity index (χ4n) is 1.28. The van der Waals surface area contributed by atoms with Crippen LogP contribution in [0.1, 0.15) is 25.2 Å². The van der Waals surface area contributed by atoms with Gasteiger partial charge in [0, 0.05) is 31.0 Å². The number of aliphatic hydroxyl groups is 1. The number of nitrogens with zero attached hydrogens (tertiary/aromatic N) is 2. The molecular formula is C13H16N4O4S2. The summed E-state index contributed by atoms with van der Waals surface area (Å²) in [6, 6.07) is 0. The Morgan fingerprint density at radius 3 is 1.96 bits per heavy atom. The lowest BCUT2D eigenvalue weighted by atomic mass is 10.4. The first kappa shape index (κ1) is 18.9. The maximum atomic E-state index is 10.6. The molecule has 0 radical (unpaired) electrons. The van der Waals surface area contributed by atoms with Crippen molar-refractivity contribution in [3.63, 3.8) is 0 Å². The van der Waals surface area contributed by atoms with Gasteiger partial charge in [0.1, 0.15) is 6.29 Å². The molecule has 0 aliphatic carbocycles. The number of anilines is 2. The average Bonchev–Trinajstić information content (AvgIpc) is 3.08. The third-order valence-electron chi connectivity index (χ3n) is 2.12. The summed E-state index contributed by atoms with van der Waals surface area (Å²) in [5.41, 5.74) is 1.28. The highest BCUT2D eigenvalue weighted by Crippen LogP contribution is 2.15. The summed E-state index contributed by atoms with van der Waals surface area (Å²) >= 11 is 2.62. The van der Waals surface area contributed by atoms with Gasteiger partial charge in [-0.2, -0.15) is 0 Å².